The summed E-state index contributed by atoms with van der Waals surface area (Å²) in [7, 11) is 0. The van der Waals surface area contributed by atoms with E-state index in [1.165, 1.54) is 6.33 Å². The molecule has 0 radical (unpaired) electrons. The van der Waals surface area contributed by atoms with E-state index in [4.69, 9.17) is 0 Å². The third-order valence-electron chi connectivity index (χ3n) is 5.67. The van der Waals surface area contributed by atoms with E-state index in [0.29, 0.717) is 36.7 Å². The van der Waals surface area contributed by atoms with Crippen LogP contribution in [0, 0.1) is 11.3 Å². The number of carbonyl (C=O) groups is 3. The second-order valence-corrected chi connectivity index (χ2v) is 7.84. The number of hydroxylamine groups is 2. The van der Waals surface area contributed by atoms with E-state index in [1.54, 1.807) is 17.2 Å². The molecule has 1 saturated heterocycles. The standard InChI is InChI=1S/C19H27N5O4/c1-2-3-4-14(10-23(28)13-25)18(27)24-11-19(6-7-19)9-15(24)17(26)22-16-5-8-20-12-21-16/h5,8,12-15,28H,2-4,6-7,9-11H2,1H3,(H,20,21,22,26)/t14-,15+/m1/s1. The molecular weight excluding hydrogens is 362 g/mol. The number of nitrogens with zero attached hydrogens (tertiary/aromatic N) is 4. The molecule has 1 aromatic heterocycles. The van der Waals surface area contributed by atoms with Crippen molar-refractivity contribution in [1.82, 2.24) is 19.9 Å². The highest BCUT2D eigenvalue weighted by molar-refractivity contribution is 5.97. The lowest BCUT2D eigenvalue weighted by Crippen LogP contribution is -2.47. The highest BCUT2D eigenvalue weighted by atomic mass is 16.5. The number of hydrogen-bond donors (Lipinski definition) is 2. The number of amides is 3. The lowest BCUT2D eigenvalue weighted by Gasteiger charge is -2.29. The van der Waals surface area contributed by atoms with Gasteiger partial charge in [0.15, 0.2) is 0 Å². The highest BCUT2D eigenvalue weighted by Crippen LogP contribution is 2.55. The van der Waals surface area contributed by atoms with Crippen LogP contribution in [0.1, 0.15) is 45.4 Å². The fraction of sp³-hybridized carbons (Fsp3) is 0.632. The lowest BCUT2D eigenvalue weighted by atomic mass is 9.99. The molecule has 28 heavy (non-hydrogen) atoms. The first-order valence-corrected chi connectivity index (χ1v) is 9.76. The van der Waals surface area contributed by atoms with Crippen molar-refractivity contribution in [2.24, 2.45) is 11.3 Å². The summed E-state index contributed by atoms with van der Waals surface area (Å²) in [6, 6.07) is 1.03. The zero-order valence-electron chi connectivity index (χ0n) is 16.1. The van der Waals surface area contributed by atoms with Crippen molar-refractivity contribution in [3.63, 3.8) is 0 Å². The van der Waals surface area contributed by atoms with Crippen LogP contribution >= 0.6 is 0 Å². The van der Waals surface area contributed by atoms with Gasteiger partial charge in [0.1, 0.15) is 18.2 Å². The van der Waals surface area contributed by atoms with Gasteiger partial charge < -0.3 is 10.2 Å². The average Bonchev–Trinajstić information content (AvgIpc) is 3.35. The monoisotopic (exact) mass is 389 g/mol. The molecule has 2 aliphatic rings. The van der Waals surface area contributed by atoms with Gasteiger partial charge in [-0.3, -0.25) is 19.6 Å². The number of likely N-dealkylation sites (tertiary alicyclic amines) is 1. The molecule has 1 spiro atoms. The number of rotatable bonds is 9. The minimum absolute atomic E-state index is 0.0300. The van der Waals surface area contributed by atoms with Gasteiger partial charge in [0.05, 0.1) is 12.5 Å². The third kappa shape index (κ3) is 4.64. The highest BCUT2D eigenvalue weighted by Gasteiger charge is 2.55. The summed E-state index contributed by atoms with van der Waals surface area (Å²) in [5.74, 6) is -0.574. The Balaban J connectivity index is 1.74. The van der Waals surface area contributed by atoms with Gasteiger partial charge >= 0.3 is 0 Å². The minimum atomic E-state index is -0.572. The maximum absolute atomic E-state index is 13.3. The lowest BCUT2D eigenvalue weighted by molar-refractivity contribution is -0.157. The molecule has 1 aliphatic heterocycles. The predicted octanol–water partition coefficient (Wildman–Crippen LogP) is 1.45. The van der Waals surface area contributed by atoms with Gasteiger partial charge in [-0.1, -0.05) is 19.8 Å². The Labute approximate surface area is 164 Å². The predicted molar refractivity (Wildman–Crippen MR) is 100 cm³/mol. The summed E-state index contributed by atoms with van der Waals surface area (Å²) in [6.45, 7) is 2.50. The van der Waals surface area contributed by atoms with Crippen molar-refractivity contribution in [2.75, 3.05) is 18.4 Å². The quantitative estimate of drug-likeness (QED) is 0.375. The normalized spacial score (nSPS) is 20.6. The Kier molecular flexibility index (Phi) is 6.23. The van der Waals surface area contributed by atoms with Crippen molar-refractivity contribution in [1.29, 1.82) is 0 Å². The zero-order chi connectivity index (χ0) is 20.1. The zero-order valence-corrected chi connectivity index (χ0v) is 16.1. The summed E-state index contributed by atoms with van der Waals surface area (Å²) in [4.78, 5) is 46.4. The Morgan fingerprint density at radius 1 is 1.50 bits per heavy atom. The van der Waals surface area contributed by atoms with Gasteiger partial charge in [-0.2, -0.15) is 0 Å². The number of aromatic nitrogens is 2. The number of anilines is 1. The molecule has 1 aliphatic carbocycles. The molecule has 2 heterocycles. The third-order valence-corrected chi connectivity index (χ3v) is 5.67. The first-order valence-electron chi connectivity index (χ1n) is 9.76. The van der Waals surface area contributed by atoms with E-state index in [2.05, 4.69) is 15.3 Å². The fourth-order valence-electron chi connectivity index (χ4n) is 3.88. The maximum atomic E-state index is 13.3. The number of carbonyl (C=O) groups excluding carboxylic acids is 3. The van der Waals surface area contributed by atoms with E-state index in [-0.39, 0.29) is 23.8 Å². The van der Waals surface area contributed by atoms with Crippen LogP contribution in [0.4, 0.5) is 5.82 Å². The molecular formula is C19H27N5O4. The van der Waals surface area contributed by atoms with Crippen molar-refractivity contribution in [3.05, 3.63) is 18.6 Å². The van der Waals surface area contributed by atoms with Gasteiger partial charge in [-0.05, 0) is 37.2 Å². The average molecular weight is 389 g/mol. The van der Waals surface area contributed by atoms with Crippen LogP contribution in [0.5, 0.6) is 0 Å². The van der Waals surface area contributed by atoms with Crippen molar-refractivity contribution < 1.29 is 19.6 Å². The summed E-state index contributed by atoms with van der Waals surface area (Å²) in [6.07, 6.45) is 8.11. The van der Waals surface area contributed by atoms with E-state index in [0.717, 1.165) is 25.7 Å². The Bertz CT molecular complexity index is 710. The number of hydrogen-bond acceptors (Lipinski definition) is 6. The van der Waals surface area contributed by atoms with Gasteiger partial charge in [0, 0.05) is 12.7 Å². The Morgan fingerprint density at radius 2 is 2.29 bits per heavy atom. The first kappa shape index (κ1) is 20.2. The van der Waals surface area contributed by atoms with Crippen LogP contribution in [0.15, 0.2) is 18.6 Å². The SMILES string of the molecule is CCCC[C@H](CN(O)C=O)C(=O)N1CC2(CC2)C[C@H]1C(=O)Nc1ccncn1. The van der Waals surface area contributed by atoms with Gasteiger partial charge in [-0.15, -0.1) is 0 Å². The number of nitrogens with one attached hydrogen (secondary N) is 1. The minimum Gasteiger partial charge on any atom is -0.330 e. The second-order valence-electron chi connectivity index (χ2n) is 7.84. The smallest absolute Gasteiger partial charge is 0.248 e. The van der Waals surface area contributed by atoms with Gasteiger partial charge in [-0.25, -0.2) is 15.0 Å². The molecule has 1 saturated carbocycles. The van der Waals surface area contributed by atoms with E-state index < -0.39 is 12.0 Å². The second kappa shape index (κ2) is 8.64. The van der Waals surface area contributed by atoms with Gasteiger partial charge in [0.25, 0.3) is 0 Å². The maximum Gasteiger partial charge on any atom is 0.248 e. The van der Waals surface area contributed by atoms with Crippen molar-refractivity contribution >= 4 is 24.0 Å². The largest absolute Gasteiger partial charge is 0.330 e. The van der Waals surface area contributed by atoms with Crippen molar-refractivity contribution in [2.45, 2.75) is 51.5 Å². The Morgan fingerprint density at radius 3 is 2.89 bits per heavy atom. The molecule has 2 atom stereocenters. The summed E-state index contributed by atoms with van der Waals surface area (Å²) in [5.41, 5.74) is 0.0300. The van der Waals surface area contributed by atoms with E-state index in [9.17, 15) is 19.6 Å². The van der Waals surface area contributed by atoms with E-state index >= 15 is 0 Å². The van der Waals surface area contributed by atoms with Crippen molar-refractivity contribution in [3.8, 4) is 0 Å². The van der Waals surface area contributed by atoms with Crippen LogP contribution in [-0.4, -0.2) is 62.5 Å². The summed E-state index contributed by atoms with van der Waals surface area (Å²) < 4.78 is 0. The molecule has 3 amide bonds. The first-order chi connectivity index (χ1) is 13.5. The Hall–Kier alpha value is -2.55. The molecule has 9 nitrogen and oxygen atoms in total. The molecule has 3 rings (SSSR count). The van der Waals surface area contributed by atoms with Crippen LogP contribution in [0.2, 0.25) is 0 Å². The van der Waals surface area contributed by atoms with Crippen LogP contribution < -0.4 is 5.32 Å². The molecule has 1 aromatic rings. The topological polar surface area (TPSA) is 116 Å². The fourth-order valence-corrected chi connectivity index (χ4v) is 3.88. The molecule has 9 heteroatoms. The van der Waals surface area contributed by atoms with E-state index in [1.807, 2.05) is 6.92 Å². The molecule has 0 unspecified atom stereocenters. The molecule has 2 fully saturated rings. The van der Waals surface area contributed by atoms with Crippen LogP contribution in [0.25, 0.3) is 0 Å². The number of unbranched alkanes of at least 4 members (excludes halogenated alkanes) is 1. The molecule has 152 valence electrons. The molecule has 2 N–H and O–H groups in total. The van der Waals surface area contributed by atoms with Gasteiger partial charge in [0.2, 0.25) is 18.2 Å². The van der Waals surface area contributed by atoms with Crippen LogP contribution in [0.3, 0.4) is 0 Å². The molecule has 0 bridgehead atoms. The molecule has 0 aromatic carbocycles. The summed E-state index contributed by atoms with van der Waals surface area (Å²) in [5, 5.41) is 12.9. The van der Waals surface area contributed by atoms with Crippen LogP contribution in [-0.2, 0) is 14.4 Å². The summed E-state index contributed by atoms with van der Waals surface area (Å²) >= 11 is 0.